The smallest absolute Gasteiger partial charge is 0.306 e. The van der Waals surface area contributed by atoms with Crippen molar-refractivity contribution in [2.45, 2.75) is 19.3 Å². The van der Waals surface area contributed by atoms with Crippen molar-refractivity contribution in [1.29, 1.82) is 0 Å². The van der Waals surface area contributed by atoms with Gasteiger partial charge in [-0.05, 0) is 23.6 Å². The molecule has 0 saturated heterocycles. The Morgan fingerprint density at radius 1 is 1.12 bits per heavy atom. The third-order valence-electron chi connectivity index (χ3n) is 3.64. The Morgan fingerprint density at radius 3 is 2.46 bits per heavy atom. The lowest BCUT2D eigenvalue weighted by molar-refractivity contribution is -0.148. The Labute approximate surface area is 140 Å². The fourth-order valence-corrected chi connectivity index (χ4v) is 2.28. The molecule has 0 aliphatic heterocycles. The average Bonchev–Trinajstić information content (AvgIpc) is 3.00. The molecule has 0 spiro atoms. The molecule has 0 bridgehead atoms. The number of carbonyl (C=O) groups excluding carboxylic acids is 3. The molecule has 1 N–H and O–H groups in total. The second kappa shape index (κ2) is 8.10. The predicted molar refractivity (Wildman–Crippen MR) is 88.3 cm³/mol. The van der Waals surface area contributed by atoms with E-state index in [1.165, 1.54) is 0 Å². The van der Waals surface area contributed by atoms with Crippen LogP contribution in [0.4, 0.5) is 0 Å². The van der Waals surface area contributed by atoms with Gasteiger partial charge in [-0.3, -0.25) is 19.7 Å². The number of hydrogen-bond acceptors (Lipinski definition) is 4. The van der Waals surface area contributed by atoms with E-state index in [9.17, 15) is 14.4 Å². The van der Waals surface area contributed by atoms with E-state index < -0.39 is 24.4 Å². The third-order valence-corrected chi connectivity index (χ3v) is 3.64. The molecule has 2 rings (SSSR count). The number of hydrogen-bond donors (Lipinski definition) is 1. The van der Waals surface area contributed by atoms with Gasteiger partial charge in [0.25, 0.3) is 11.8 Å². The molecule has 0 aliphatic rings. The summed E-state index contributed by atoms with van der Waals surface area (Å²) in [6.07, 6.45) is 1.87. The second-order valence-corrected chi connectivity index (χ2v) is 5.56. The summed E-state index contributed by atoms with van der Waals surface area (Å²) in [6, 6.07) is 12.9. The van der Waals surface area contributed by atoms with Crippen LogP contribution in [-0.2, 0) is 21.4 Å². The van der Waals surface area contributed by atoms with Crippen LogP contribution in [0, 0.1) is 0 Å². The minimum atomic E-state index is -0.651. The maximum Gasteiger partial charge on any atom is 0.306 e. The number of amides is 2. The molecule has 6 nitrogen and oxygen atoms in total. The van der Waals surface area contributed by atoms with Gasteiger partial charge in [-0.25, -0.2) is 0 Å². The van der Waals surface area contributed by atoms with E-state index in [1.807, 2.05) is 37.3 Å². The number of carbonyl (C=O) groups is 3. The van der Waals surface area contributed by atoms with Gasteiger partial charge in [0.2, 0.25) is 0 Å². The molecule has 1 aromatic heterocycles. The van der Waals surface area contributed by atoms with Crippen molar-refractivity contribution in [2.24, 2.45) is 7.05 Å². The summed E-state index contributed by atoms with van der Waals surface area (Å²) in [5.41, 5.74) is 1.38. The van der Waals surface area contributed by atoms with Gasteiger partial charge in [0.1, 0.15) is 5.69 Å². The van der Waals surface area contributed by atoms with Crippen molar-refractivity contribution < 1.29 is 19.1 Å². The maximum absolute atomic E-state index is 11.9. The summed E-state index contributed by atoms with van der Waals surface area (Å²) in [6.45, 7) is 1.44. The predicted octanol–water partition coefficient (Wildman–Crippen LogP) is 2.02. The number of aryl methyl sites for hydroxylation is 1. The standard InChI is InChI=1S/C18H20N2O4/c1-13(14-7-4-3-5-8-14)11-17(22)24-12-16(21)19-18(23)15-9-6-10-20(15)2/h3-10,13H,11-12H2,1-2H3,(H,19,21,23)/t13-/m0/s1. The van der Waals surface area contributed by atoms with Crippen molar-refractivity contribution in [1.82, 2.24) is 9.88 Å². The van der Waals surface area contributed by atoms with Crippen molar-refractivity contribution in [3.05, 3.63) is 59.9 Å². The van der Waals surface area contributed by atoms with E-state index in [2.05, 4.69) is 5.32 Å². The van der Waals surface area contributed by atoms with Crippen molar-refractivity contribution >= 4 is 17.8 Å². The van der Waals surface area contributed by atoms with Crippen LogP contribution >= 0.6 is 0 Å². The summed E-state index contributed by atoms with van der Waals surface area (Å²) in [5, 5.41) is 2.19. The molecule has 6 heteroatoms. The van der Waals surface area contributed by atoms with Crippen LogP contribution in [0.15, 0.2) is 48.7 Å². The second-order valence-electron chi connectivity index (χ2n) is 5.56. The van der Waals surface area contributed by atoms with E-state index in [4.69, 9.17) is 4.74 Å². The molecule has 0 radical (unpaired) electrons. The monoisotopic (exact) mass is 328 g/mol. The molecule has 0 aliphatic carbocycles. The van der Waals surface area contributed by atoms with Crippen LogP contribution in [-0.4, -0.2) is 29.0 Å². The molecule has 2 amide bonds. The maximum atomic E-state index is 11.9. The van der Waals surface area contributed by atoms with Crippen LogP contribution in [0.2, 0.25) is 0 Å². The topological polar surface area (TPSA) is 77.4 Å². The summed E-state index contributed by atoms with van der Waals surface area (Å²) in [7, 11) is 1.70. The number of aromatic nitrogens is 1. The summed E-state index contributed by atoms with van der Waals surface area (Å²) in [4.78, 5) is 35.4. The van der Waals surface area contributed by atoms with E-state index in [1.54, 1.807) is 29.9 Å². The highest BCUT2D eigenvalue weighted by Crippen LogP contribution is 2.18. The summed E-state index contributed by atoms with van der Waals surface area (Å²) < 4.78 is 6.53. The SMILES string of the molecule is C[C@@H](CC(=O)OCC(=O)NC(=O)c1cccn1C)c1ccccc1. The lowest BCUT2D eigenvalue weighted by Gasteiger charge is -2.11. The van der Waals surface area contributed by atoms with Crippen molar-refractivity contribution in [3.63, 3.8) is 0 Å². The summed E-state index contributed by atoms with van der Waals surface area (Å²) >= 11 is 0. The van der Waals surface area contributed by atoms with Crippen molar-refractivity contribution in [2.75, 3.05) is 6.61 Å². The van der Waals surface area contributed by atoms with E-state index in [-0.39, 0.29) is 12.3 Å². The van der Waals surface area contributed by atoms with Gasteiger partial charge in [0, 0.05) is 13.2 Å². The first-order valence-corrected chi connectivity index (χ1v) is 7.63. The van der Waals surface area contributed by atoms with Crippen LogP contribution in [0.5, 0.6) is 0 Å². The normalized spacial score (nSPS) is 11.6. The Hall–Kier alpha value is -2.89. The van der Waals surface area contributed by atoms with Crippen LogP contribution in [0.1, 0.15) is 35.3 Å². The molecule has 0 unspecified atom stereocenters. The minimum absolute atomic E-state index is 0.00763. The lowest BCUT2D eigenvalue weighted by atomic mass is 9.98. The number of rotatable bonds is 6. The Kier molecular flexibility index (Phi) is 5.89. The van der Waals surface area contributed by atoms with Crippen LogP contribution in [0.3, 0.4) is 0 Å². The quantitative estimate of drug-likeness (QED) is 0.823. The molecular formula is C18H20N2O4. The third kappa shape index (κ3) is 4.81. The molecule has 1 heterocycles. The Morgan fingerprint density at radius 2 is 1.83 bits per heavy atom. The Bertz CT molecular complexity index is 722. The van der Waals surface area contributed by atoms with Gasteiger partial charge in [0.05, 0.1) is 6.42 Å². The molecular weight excluding hydrogens is 308 g/mol. The van der Waals surface area contributed by atoms with E-state index >= 15 is 0 Å². The average molecular weight is 328 g/mol. The first-order valence-electron chi connectivity index (χ1n) is 7.63. The van der Waals surface area contributed by atoms with E-state index in [0.29, 0.717) is 5.69 Å². The van der Waals surface area contributed by atoms with E-state index in [0.717, 1.165) is 5.56 Å². The largest absolute Gasteiger partial charge is 0.456 e. The number of imide groups is 1. The highest BCUT2D eigenvalue weighted by molar-refractivity contribution is 6.04. The molecule has 0 fully saturated rings. The van der Waals surface area contributed by atoms with Crippen molar-refractivity contribution in [3.8, 4) is 0 Å². The zero-order valence-corrected chi connectivity index (χ0v) is 13.7. The van der Waals surface area contributed by atoms with Gasteiger partial charge in [0.15, 0.2) is 6.61 Å². The molecule has 1 atom stereocenters. The number of ether oxygens (including phenoxy) is 1. The van der Waals surface area contributed by atoms with Gasteiger partial charge in [-0.15, -0.1) is 0 Å². The molecule has 2 aromatic rings. The van der Waals surface area contributed by atoms with Gasteiger partial charge in [-0.1, -0.05) is 37.3 Å². The fourth-order valence-electron chi connectivity index (χ4n) is 2.28. The van der Waals surface area contributed by atoms with Gasteiger partial charge in [-0.2, -0.15) is 0 Å². The highest BCUT2D eigenvalue weighted by Gasteiger charge is 2.16. The van der Waals surface area contributed by atoms with Crippen LogP contribution in [0.25, 0.3) is 0 Å². The fraction of sp³-hybridized carbons (Fsp3) is 0.278. The van der Waals surface area contributed by atoms with Gasteiger partial charge >= 0.3 is 5.97 Å². The zero-order valence-electron chi connectivity index (χ0n) is 13.7. The Balaban J connectivity index is 1.76. The summed E-state index contributed by atoms with van der Waals surface area (Å²) in [5.74, 6) is -1.66. The molecule has 0 saturated carbocycles. The molecule has 24 heavy (non-hydrogen) atoms. The number of nitrogens with one attached hydrogen (secondary N) is 1. The zero-order chi connectivity index (χ0) is 17.5. The first kappa shape index (κ1) is 17.5. The minimum Gasteiger partial charge on any atom is -0.456 e. The molecule has 1 aromatic carbocycles. The lowest BCUT2D eigenvalue weighted by Crippen LogP contribution is -2.35. The molecule has 126 valence electrons. The first-order chi connectivity index (χ1) is 11.5. The highest BCUT2D eigenvalue weighted by atomic mass is 16.5. The van der Waals surface area contributed by atoms with Gasteiger partial charge < -0.3 is 9.30 Å². The number of esters is 1. The number of benzene rings is 1. The number of nitrogens with zero attached hydrogens (tertiary/aromatic N) is 1. The van der Waals surface area contributed by atoms with Crippen LogP contribution < -0.4 is 5.32 Å².